The van der Waals surface area contributed by atoms with Crippen LogP contribution in [0.5, 0.6) is 0 Å². The van der Waals surface area contributed by atoms with E-state index in [1.165, 1.54) is 35.1 Å². The van der Waals surface area contributed by atoms with E-state index in [-0.39, 0.29) is 0 Å². The van der Waals surface area contributed by atoms with E-state index in [4.69, 9.17) is 6.42 Å². The first-order valence-electron chi connectivity index (χ1n) is 8.30. The normalized spacial score (nSPS) is 11.9. The van der Waals surface area contributed by atoms with Crippen molar-refractivity contribution in [2.75, 3.05) is 0 Å². The first kappa shape index (κ1) is 16.4. The Balaban J connectivity index is 2.05. The van der Waals surface area contributed by atoms with Crippen LogP contribution < -0.4 is 0 Å². The zero-order chi connectivity index (χ0) is 15.8. The minimum absolute atomic E-state index is 0.606. The van der Waals surface area contributed by atoms with Gasteiger partial charge in [0.25, 0.3) is 0 Å². The van der Waals surface area contributed by atoms with Crippen molar-refractivity contribution in [1.29, 1.82) is 0 Å². The predicted octanol–water partition coefficient (Wildman–Crippen LogP) is 5.88. The topological polar surface area (TPSA) is 0 Å². The number of hydrogen-bond acceptors (Lipinski definition) is 0. The molecule has 0 heterocycles. The molecule has 0 spiro atoms. The highest BCUT2D eigenvalue weighted by Crippen LogP contribution is 2.26. The van der Waals surface area contributed by atoms with E-state index in [2.05, 4.69) is 68.3 Å². The Hall–Kier alpha value is -2.00. The maximum Gasteiger partial charge on any atom is 0.00918 e. The lowest BCUT2D eigenvalue weighted by Gasteiger charge is -2.16. The lowest BCUT2D eigenvalue weighted by molar-refractivity contribution is 0.578. The summed E-state index contributed by atoms with van der Waals surface area (Å²) in [6.07, 6.45) is 10.8. The van der Waals surface area contributed by atoms with Gasteiger partial charge in [-0.15, -0.1) is 12.3 Å². The van der Waals surface area contributed by atoms with Crippen molar-refractivity contribution in [3.8, 4) is 12.3 Å². The summed E-state index contributed by atoms with van der Waals surface area (Å²) >= 11 is 0. The summed E-state index contributed by atoms with van der Waals surface area (Å²) in [7, 11) is 0. The fraction of sp³-hybridized carbons (Fsp3) is 0.364. The molecule has 2 aromatic rings. The zero-order valence-corrected chi connectivity index (χ0v) is 13.8. The van der Waals surface area contributed by atoms with E-state index < -0.39 is 0 Å². The number of terminal acetylenes is 1. The highest BCUT2D eigenvalue weighted by Gasteiger charge is 2.10. The third-order valence-electron chi connectivity index (χ3n) is 4.25. The molecule has 0 radical (unpaired) electrons. The first-order valence-corrected chi connectivity index (χ1v) is 8.30. The quantitative estimate of drug-likeness (QED) is 0.558. The molecule has 0 N–H and O–H groups in total. The number of hydrogen-bond donors (Lipinski definition) is 0. The van der Waals surface area contributed by atoms with Crippen molar-refractivity contribution in [2.24, 2.45) is 0 Å². The van der Waals surface area contributed by atoms with Crippen LogP contribution in [0.2, 0.25) is 0 Å². The average Bonchev–Trinajstić information content (AvgIpc) is 2.54. The van der Waals surface area contributed by atoms with E-state index in [1.807, 2.05) is 0 Å². The van der Waals surface area contributed by atoms with E-state index >= 15 is 0 Å². The van der Waals surface area contributed by atoms with Gasteiger partial charge < -0.3 is 0 Å². The van der Waals surface area contributed by atoms with Gasteiger partial charge in [0.1, 0.15) is 0 Å². The lowest BCUT2D eigenvalue weighted by Crippen LogP contribution is -1.99. The Bertz CT molecular complexity index is 596. The van der Waals surface area contributed by atoms with Crippen LogP contribution >= 0.6 is 0 Å². The Labute approximate surface area is 135 Å². The summed E-state index contributed by atoms with van der Waals surface area (Å²) in [5.74, 6) is 3.38. The minimum Gasteiger partial charge on any atom is -0.120 e. The molecule has 0 nitrogen and oxygen atoms in total. The molecular weight excluding hydrogens is 264 g/mol. The van der Waals surface area contributed by atoms with Crippen molar-refractivity contribution >= 4 is 0 Å². The zero-order valence-electron chi connectivity index (χ0n) is 13.8. The van der Waals surface area contributed by atoms with Gasteiger partial charge >= 0.3 is 0 Å². The summed E-state index contributed by atoms with van der Waals surface area (Å²) in [4.78, 5) is 0. The van der Waals surface area contributed by atoms with Crippen LogP contribution in [0, 0.1) is 19.3 Å². The van der Waals surface area contributed by atoms with Gasteiger partial charge in [-0.25, -0.2) is 0 Å². The summed E-state index contributed by atoms with van der Waals surface area (Å²) in [5, 5.41) is 0. The molecule has 1 unspecified atom stereocenters. The van der Waals surface area contributed by atoms with E-state index in [0.29, 0.717) is 5.92 Å². The largest absolute Gasteiger partial charge is 0.120 e. The van der Waals surface area contributed by atoms with Crippen molar-refractivity contribution in [3.05, 3.63) is 70.8 Å². The molecular formula is C22H26. The van der Waals surface area contributed by atoms with Crippen LogP contribution in [0.3, 0.4) is 0 Å². The van der Waals surface area contributed by atoms with Gasteiger partial charge in [-0.3, -0.25) is 0 Å². The first-order chi connectivity index (χ1) is 10.7. The highest BCUT2D eigenvalue weighted by atomic mass is 14.1. The van der Waals surface area contributed by atoms with Gasteiger partial charge in [0.15, 0.2) is 0 Å². The molecule has 0 heteroatoms. The van der Waals surface area contributed by atoms with Crippen LogP contribution in [-0.4, -0.2) is 0 Å². The van der Waals surface area contributed by atoms with Crippen LogP contribution in [-0.2, 0) is 6.42 Å². The molecule has 0 aliphatic carbocycles. The molecule has 0 aromatic heterocycles. The SMILES string of the molecule is C#CCCC(CCC)c1ccc(Cc2ccc(C)cc2)cc1. The number of aryl methyl sites for hydroxylation is 1. The van der Waals surface area contributed by atoms with Crippen LogP contribution in [0.15, 0.2) is 48.5 Å². The molecule has 2 rings (SSSR count). The van der Waals surface area contributed by atoms with Gasteiger partial charge in [-0.2, -0.15) is 0 Å². The monoisotopic (exact) mass is 290 g/mol. The second-order valence-corrected chi connectivity index (χ2v) is 6.13. The Kier molecular flexibility index (Phi) is 6.28. The predicted molar refractivity (Wildman–Crippen MR) is 96.1 cm³/mol. The maximum absolute atomic E-state index is 5.42. The average molecular weight is 290 g/mol. The third kappa shape index (κ3) is 4.78. The van der Waals surface area contributed by atoms with Crippen molar-refractivity contribution < 1.29 is 0 Å². The smallest absolute Gasteiger partial charge is 0.00918 e. The molecule has 1 atom stereocenters. The van der Waals surface area contributed by atoms with Crippen LogP contribution in [0.4, 0.5) is 0 Å². The fourth-order valence-electron chi connectivity index (χ4n) is 2.93. The van der Waals surface area contributed by atoms with Gasteiger partial charge in [0.2, 0.25) is 0 Å². The summed E-state index contributed by atoms with van der Waals surface area (Å²) in [6, 6.07) is 17.9. The Morgan fingerprint density at radius 1 is 0.909 bits per heavy atom. The maximum atomic E-state index is 5.42. The Morgan fingerprint density at radius 3 is 2.05 bits per heavy atom. The van der Waals surface area contributed by atoms with Crippen LogP contribution in [0.25, 0.3) is 0 Å². The number of rotatable bonds is 7. The summed E-state index contributed by atoms with van der Waals surface area (Å²) < 4.78 is 0. The molecule has 2 aromatic carbocycles. The second kappa shape index (κ2) is 8.44. The van der Waals surface area contributed by atoms with Gasteiger partial charge in [0.05, 0.1) is 0 Å². The van der Waals surface area contributed by atoms with Gasteiger partial charge in [0, 0.05) is 6.42 Å². The highest BCUT2D eigenvalue weighted by molar-refractivity contribution is 5.31. The fourth-order valence-corrected chi connectivity index (χ4v) is 2.93. The number of benzene rings is 2. The molecule has 0 saturated carbocycles. The van der Waals surface area contributed by atoms with Crippen molar-refractivity contribution in [3.63, 3.8) is 0 Å². The second-order valence-electron chi connectivity index (χ2n) is 6.13. The molecule has 0 aliphatic heterocycles. The Morgan fingerprint density at radius 2 is 1.50 bits per heavy atom. The molecule has 22 heavy (non-hydrogen) atoms. The van der Waals surface area contributed by atoms with E-state index in [9.17, 15) is 0 Å². The van der Waals surface area contributed by atoms with E-state index in [0.717, 1.165) is 19.3 Å². The van der Waals surface area contributed by atoms with Gasteiger partial charge in [-0.05, 0) is 48.8 Å². The summed E-state index contributed by atoms with van der Waals surface area (Å²) in [6.45, 7) is 4.37. The molecule has 0 amide bonds. The standard InChI is InChI=1S/C22H26/c1-4-6-8-21(7-5-2)22-15-13-20(14-16-22)17-19-11-9-18(3)10-12-19/h1,9-16,21H,5-8,17H2,2-3H3. The molecule has 0 saturated heterocycles. The van der Waals surface area contributed by atoms with Crippen molar-refractivity contribution in [2.45, 2.75) is 51.9 Å². The molecule has 0 aliphatic rings. The minimum atomic E-state index is 0.606. The van der Waals surface area contributed by atoms with Gasteiger partial charge in [-0.1, -0.05) is 67.4 Å². The lowest BCUT2D eigenvalue weighted by atomic mass is 9.89. The molecule has 114 valence electrons. The van der Waals surface area contributed by atoms with E-state index in [1.54, 1.807) is 0 Å². The van der Waals surface area contributed by atoms with Crippen LogP contribution in [0.1, 0.15) is 60.8 Å². The molecule has 0 fully saturated rings. The van der Waals surface area contributed by atoms with Crippen molar-refractivity contribution in [1.82, 2.24) is 0 Å². The summed E-state index contributed by atoms with van der Waals surface area (Å²) in [5.41, 5.74) is 5.50. The molecule has 0 bridgehead atoms. The third-order valence-corrected chi connectivity index (χ3v) is 4.25.